The van der Waals surface area contributed by atoms with E-state index < -0.39 is 52.9 Å². The molecule has 2 aliphatic rings. The fraction of sp³-hybridized carbons (Fsp3) is 0.688. The predicted molar refractivity (Wildman–Crippen MR) is 186 cm³/mol. The van der Waals surface area contributed by atoms with Gasteiger partial charge in [-0.2, -0.15) is 0 Å². The number of hydrogen-bond donors (Lipinski definition) is 1. The molecule has 0 amide bonds. The lowest BCUT2D eigenvalue weighted by Crippen LogP contribution is -2.66. The molecule has 1 N–H and O–H groups in total. The largest absolute Gasteiger partial charge is 0.496 e. The van der Waals surface area contributed by atoms with Gasteiger partial charge in [-0.05, 0) is 22.2 Å². The number of benzene rings is 1. The zero-order chi connectivity index (χ0) is 34.7. The summed E-state index contributed by atoms with van der Waals surface area (Å²) in [5.41, 5.74) is 0.296. The normalized spacial score (nSPS) is 24.0. The van der Waals surface area contributed by atoms with E-state index >= 15 is 0 Å². The topological polar surface area (TPSA) is 129 Å². The van der Waals surface area contributed by atoms with Gasteiger partial charge in [0.2, 0.25) is 0 Å². The molecular formula is C32H52N2O10SSi2. The number of thioether (sulfide) groups is 1. The van der Waals surface area contributed by atoms with Crippen LogP contribution in [0, 0.1) is 0 Å². The van der Waals surface area contributed by atoms with Gasteiger partial charge >= 0.3 is 22.8 Å². The van der Waals surface area contributed by atoms with Crippen molar-refractivity contribution < 1.29 is 36.7 Å². The molecule has 2 saturated heterocycles. The molecule has 15 heteroatoms. The molecule has 4 rings (SSSR count). The molecule has 0 saturated carbocycles. The van der Waals surface area contributed by atoms with Gasteiger partial charge in [-0.15, -0.1) is 11.8 Å². The van der Waals surface area contributed by atoms with Crippen LogP contribution in [-0.2, 0) is 28.2 Å². The van der Waals surface area contributed by atoms with Gasteiger partial charge in [-0.3, -0.25) is 14.3 Å². The Balaban J connectivity index is 1.71. The van der Waals surface area contributed by atoms with Gasteiger partial charge in [0, 0.05) is 35.7 Å². The first-order valence-electron chi connectivity index (χ1n) is 16.2. The number of aromatic amines is 1. The summed E-state index contributed by atoms with van der Waals surface area (Å²) in [6.07, 6.45) is -1.27. The summed E-state index contributed by atoms with van der Waals surface area (Å²) in [6, 6.07) is 4.93. The van der Waals surface area contributed by atoms with Crippen LogP contribution in [0.25, 0.3) is 0 Å². The van der Waals surface area contributed by atoms with Gasteiger partial charge in [-0.1, -0.05) is 55.4 Å². The second kappa shape index (κ2) is 15.6. The number of methoxy groups -OCH3 is 3. The number of H-pyrrole nitrogens is 1. The Morgan fingerprint density at radius 2 is 1.51 bits per heavy atom. The van der Waals surface area contributed by atoms with Crippen LogP contribution in [-0.4, -0.2) is 78.9 Å². The second-order valence-corrected chi connectivity index (χ2v) is 23.0. The number of nitrogens with one attached hydrogen (secondary N) is 1. The molecule has 1 aromatic heterocycles. The summed E-state index contributed by atoms with van der Waals surface area (Å²) in [5, 5.41) is 0. The Morgan fingerprint density at radius 3 is 2.02 bits per heavy atom. The Morgan fingerprint density at radius 1 is 0.915 bits per heavy atom. The molecule has 47 heavy (non-hydrogen) atoms. The van der Waals surface area contributed by atoms with Crippen molar-refractivity contribution in [1.82, 2.24) is 9.55 Å². The molecule has 264 valence electrons. The molecule has 4 atom stereocenters. The highest BCUT2D eigenvalue weighted by Gasteiger charge is 2.62. The van der Waals surface area contributed by atoms with Gasteiger partial charge in [0.25, 0.3) is 5.56 Å². The van der Waals surface area contributed by atoms with E-state index in [0.29, 0.717) is 23.0 Å². The third-order valence-electron chi connectivity index (χ3n) is 9.15. The van der Waals surface area contributed by atoms with Gasteiger partial charge in [0.05, 0.1) is 33.9 Å². The zero-order valence-electron chi connectivity index (χ0n) is 29.5. The van der Waals surface area contributed by atoms with Crippen LogP contribution in [0.4, 0.5) is 0 Å². The zero-order valence-corrected chi connectivity index (χ0v) is 32.3. The number of ether oxygens (including phenoxy) is 5. The van der Waals surface area contributed by atoms with E-state index in [4.69, 9.17) is 36.7 Å². The van der Waals surface area contributed by atoms with Crippen LogP contribution in [0.2, 0.25) is 22.2 Å². The van der Waals surface area contributed by atoms with E-state index in [1.807, 2.05) is 12.1 Å². The van der Waals surface area contributed by atoms with Gasteiger partial charge in [0.1, 0.15) is 35.6 Å². The summed E-state index contributed by atoms with van der Waals surface area (Å²) < 4.78 is 52.8. The standard InChI is InChI=1S/C32H52N2O10SSi2/c1-19(2)46(20(3)4)41-16-27-29(43-47(44-46,21(5)6)22(7)8)30(31(42-27)34-13-12-28(35)33-32(34)36)40-18-45-17-24-25(38-10)14-23(37-9)15-26(24)39-11/h12-15,19-22,27,29-31H,16-18H2,1-11H3,(H,33,35,36)/t27-,29?,30?,31-/m1/s1. The summed E-state index contributed by atoms with van der Waals surface area (Å²) in [5.74, 6) is 2.66. The molecule has 2 fully saturated rings. The van der Waals surface area contributed by atoms with Crippen molar-refractivity contribution in [3.63, 3.8) is 0 Å². The molecule has 0 aliphatic carbocycles. The molecule has 2 aromatic rings. The number of fused-ring (bicyclic) bond motifs is 1. The number of aromatic nitrogens is 2. The van der Waals surface area contributed by atoms with Crippen molar-refractivity contribution in [3.05, 3.63) is 50.8 Å². The van der Waals surface area contributed by atoms with Crippen LogP contribution in [0.5, 0.6) is 17.2 Å². The monoisotopic (exact) mass is 712 g/mol. The van der Waals surface area contributed by atoms with Crippen molar-refractivity contribution in [2.75, 3.05) is 33.9 Å². The second-order valence-electron chi connectivity index (χ2n) is 13.2. The summed E-state index contributed by atoms with van der Waals surface area (Å²) >= 11 is 1.51. The molecule has 2 aliphatic heterocycles. The number of rotatable bonds is 13. The minimum Gasteiger partial charge on any atom is -0.496 e. The van der Waals surface area contributed by atoms with Crippen LogP contribution in [0.1, 0.15) is 67.2 Å². The van der Waals surface area contributed by atoms with Crippen molar-refractivity contribution in [1.29, 1.82) is 0 Å². The molecule has 0 radical (unpaired) electrons. The van der Waals surface area contributed by atoms with E-state index in [2.05, 4.69) is 60.4 Å². The average molecular weight is 713 g/mol. The summed E-state index contributed by atoms with van der Waals surface area (Å²) in [4.78, 5) is 27.4. The lowest BCUT2D eigenvalue weighted by atomic mass is 10.1. The maximum Gasteiger partial charge on any atom is 0.335 e. The first-order valence-corrected chi connectivity index (χ1v) is 21.3. The summed E-state index contributed by atoms with van der Waals surface area (Å²) in [6.45, 7) is 17.5. The lowest BCUT2D eigenvalue weighted by molar-refractivity contribution is -0.0655. The van der Waals surface area contributed by atoms with E-state index in [-0.39, 0.29) is 34.7 Å². The highest BCUT2D eigenvalue weighted by molar-refractivity contribution is 7.98. The first-order chi connectivity index (χ1) is 22.2. The van der Waals surface area contributed by atoms with Gasteiger partial charge in [-0.25, -0.2) is 4.79 Å². The maximum atomic E-state index is 13.1. The smallest absolute Gasteiger partial charge is 0.335 e. The van der Waals surface area contributed by atoms with E-state index in [1.165, 1.54) is 28.6 Å². The van der Waals surface area contributed by atoms with E-state index in [0.717, 1.165) is 5.56 Å². The van der Waals surface area contributed by atoms with E-state index in [9.17, 15) is 9.59 Å². The molecule has 0 spiro atoms. The Hall–Kier alpha value is -2.12. The molecule has 12 nitrogen and oxygen atoms in total. The molecule has 2 unspecified atom stereocenters. The minimum absolute atomic E-state index is 0.0918. The molecular weight excluding hydrogens is 661 g/mol. The number of nitrogens with zero attached hydrogens (tertiary/aromatic N) is 1. The lowest BCUT2D eigenvalue weighted by Gasteiger charge is -2.51. The average Bonchev–Trinajstić information content (AvgIpc) is 3.33. The Labute approximate surface area is 284 Å². The first kappa shape index (κ1) is 37.7. The SMILES string of the molecule is COc1cc(OC)c(CSCOC2C3O[Si](C(C)C)(C(C)C)O[Si](C(C)C)(C(C)C)OC[C@H]3O[C@H]2n2ccc(=O)[nH]c2=O)c(OC)c1. The highest BCUT2D eigenvalue weighted by Crippen LogP contribution is 2.49. The number of hydrogen-bond acceptors (Lipinski definition) is 11. The quantitative estimate of drug-likeness (QED) is 0.156. The minimum atomic E-state index is -3.02. The predicted octanol–water partition coefficient (Wildman–Crippen LogP) is 5.69. The highest BCUT2D eigenvalue weighted by atomic mass is 32.2. The molecule has 0 bridgehead atoms. The van der Waals surface area contributed by atoms with Crippen molar-refractivity contribution in [2.24, 2.45) is 0 Å². The van der Waals surface area contributed by atoms with Crippen LogP contribution in [0.3, 0.4) is 0 Å². The third-order valence-corrected chi connectivity index (χ3v) is 20.2. The van der Waals surface area contributed by atoms with Crippen molar-refractivity contribution in [3.8, 4) is 17.2 Å². The van der Waals surface area contributed by atoms with Crippen molar-refractivity contribution in [2.45, 2.75) is 108 Å². The summed E-state index contributed by atoms with van der Waals surface area (Å²) in [7, 11) is -1.03. The van der Waals surface area contributed by atoms with Crippen molar-refractivity contribution >= 4 is 28.9 Å². The fourth-order valence-electron chi connectivity index (χ4n) is 6.64. The Bertz CT molecular complexity index is 1420. The fourth-order valence-corrected chi connectivity index (χ4v) is 18.7. The van der Waals surface area contributed by atoms with Gasteiger partial charge in [0.15, 0.2) is 6.23 Å². The van der Waals surface area contributed by atoms with Gasteiger partial charge < -0.3 is 36.7 Å². The maximum absolute atomic E-state index is 13.1. The molecule has 1 aromatic carbocycles. The van der Waals surface area contributed by atoms with E-state index in [1.54, 1.807) is 21.3 Å². The third kappa shape index (κ3) is 7.56. The van der Waals surface area contributed by atoms with Crippen LogP contribution >= 0.6 is 11.8 Å². The van der Waals surface area contributed by atoms with Crippen LogP contribution < -0.4 is 25.5 Å². The Kier molecular flexibility index (Phi) is 12.5. The van der Waals surface area contributed by atoms with Crippen LogP contribution in [0.15, 0.2) is 34.0 Å². The molecule has 3 heterocycles.